The number of ether oxygens (including phenoxy) is 1. The fourth-order valence-electron chi connectivity index (χ4n) is 1.39. The zero-order valence-electron chi connectivity index (χ0n) is 8.22. The van der Waals surface area contributed by atoms with E-state index in [-0.39, 0.29) is 5.91 Å². The van der Waals surface area contributed by atoms with Gasteiger partial charge in [0.05, 0.1) is 13.2 Å². The van der Waals surface area contributed by atoms with Crippen molar-refractivity contribution >= 4 is 11.7 Å². The highest BCUT2D eigenvalue weighted by Crippen LogP contribution is 2.05. The maximum absolute atomic E-state index is 11.8. The standard InChI is InChI=1S/C9H12N4O2/c10-8-2-1-7(11-12-8)9(14)13-3-5-15-6-4-13/h1-2H,3-6H2,(H2,10,12). The minimum absolute atomic E-state index is 0.120. The SMILES string of the molecule is Nc1ccc(C(=O)N2CCOCC2)nn1. The summed E-state index contributed by atoms with van der Waals surface area (Å²) in [4.78, 5) is 13.5. The Hall–Kier alpha value is -1.69. The largest absolute Gasteiger partial charge is 0.382 e. The molecular formula is C9H12N4O2. The van der Waals surface area contributed by atoms with Gasteiger partial charge < -0.3 is 15.4 Å². The molecule has 15 heavy (non-hydrogen) atoms. The summed E-state index contributed by atoms with van der Waals surface area (Å²) in [6.45, 7) is 2.36. The quantitative estimate of drug-likeness (QED) is 0.674. The molecule has 0 spiro atoms. The average Bonchev–Trinajstić information content (AvgIpc) is 2.30. The first-order valence-electron chi connectivity index (χ1n) is 4.73. The second kappa shape index (κ2) is 4.22. The summed E-state index contributed by atoms with van der Waals surface area (Å²) in [6, 6.07) is 3.15. The molecule has 1 aromatic rings. The maximum atomic E-state index is 11.8. The van der Waals surface area contributed by atoms with Crippen molar-refractivity contribution in [1.82, 2.24) is 15.1 Å². The van der Waals surface area contributed by atoms with Crippen LogP contribution in [-0.4, -0.2) is 47.3 Å². The summed E-state index contributed by atoms with van der Waals surface area (Å²) in [5.41, 5.74) is 5.71. The molecule has 1 amide bonds. The Balaban J connectivity index is 2.09. The average molecular weight is 208 g/mol. The van der Waals surface area contributed by atoms with Crippen LogP contribution in [0.25, 0.3) is 0 Å². The molecule has 80 valence electrons. The minimum atomic E-state index is -0.120. The lowest BCUT2D eigenvalue weighted by Gasteiger charge is -2.26. The van der Waals surface area contributed by atoms with Crippen molar-refractivity contribution in [2.75, 3.05) is 32.0 Å². The molecule has 1 aliphatic heterocycles. The molecule has 0 aliphatic carbocycles. The molecule has 6 nitrogen and oxygen atoms in total. The van der Waals surface area contributed by atoms with Crippen molar-refractivity contribution < 1.29 is 9.53 Å². The molecule has 0 bridgehead atoms. The Labute approximate surface area is 87.0 Å². The lowest BCUT2D eigenvalue weighted by atomic mass is 10.3. The van der Waals surface area contributed by atoms with E-state index < -0.39 is 0 Å². The van der Waals surface area contributed by atoms with E-state index >= 15 is 0 Å². The molecule has 1 saturated heterocycles. The Kier molecular flexibility index (Phi) is 2.77. The molecule has 2 N–H and O–H groups in total. The van der Waals surface area contributed by atoms with Crippen LogP contribution >= 0.6 is 0 Å². The van der Waals surface area contributed by atoms with Crippen molar-refractivity contribution in [1.29, 1.82) is 0 Å². The van der Waals surface area contributed by atoms with Gasteiger partial charge in [0.15, 0.2) is 5.69 Å². The van der Waals surface area contributed by atoms with E-state index in [0.717, 1.165) is 0 Å². The van der Waals surface area contributed by atoms with Crippen LogP contribution < -0.4 is 5.73 Å². The third kappa shape index (κ3) is 2.21. The highest BCUT2D eigenvalue weighted by atomic mass is 16.5. The molecular weight excluding hydrogens is 196 g/mol. The van der Waals surface area contributed by atoms with Crippen LogP contribution in [-0.2, 0) is 4.74 Å². The van der Waals surface area contributed by atoms with Gasteiger partial charge in [-0.05, 0) is 12.1 Å². The minimum Gasteiger partial charge on any atom is -0.382 e. The molecule has 0 aromatic carbocycles. The zero-order valence-corrected chi connectivity index (χ0v) is 8.22. The summed E-state index contributed by atoms with van der Waals surface area (Å²) < 4.78 is 5.15. The van der Waals surface area contributed by atoms with Crippen LogP contribution in [0.2, 0.25) is 0 Å². The van der Waals surface area contributed by atoms with Gasteiger partial charge in [0.2, 0.25) is 0 Å². The van der Waals surface area contributed by atoms with E-state index in [2.05, 4.69) is 10.2 Å². The summed E-state index contributed by atoms with van der Waals surface area (Å²) in [7, 11) is 0. The van der Waals surface area contributed by atoms with Crippen LogP contribution in [0.3, 0.4) is 0 Å². The van der Waals surface area contributed by atoms with Gasteiger partial charge in [0.25, 0.3) is 5.91 Å². The summed E-state index contributed by atoms with van der Waals surface area (Å²) >= 11 is 0. The number of nitrogens with two attached hydrogens (primary N) is 1. The van der Waals surface area contributed by atoms with Crippen LogP contribution in [0, 0.1) is 0 Å². The summed E-state index contributed by atoms with van der Waals surface area (Å²) in [5.74, 6) is 0.194. The molecule has 2 heterocycles. The number of hydrogen-bond donors (Lipinski definition) is 1. The van der Waals surface area contributed by atoms with Crippen molar-refractivity contribution in [2.45, 2.75) is 0 Å². The lowest BCUT2D eigenvalue weighted by Crippen LogP contribution is -2.41. The highest BCUT2D eigenvalue weighted by molar-refractivity contribution is 5.92. The number of aromatic nitrogens is 2. The van der Waals surface area contributed by atoms with Gasteiger partial charge in [-0.3, -0.25) is 4.79 Å². The molecule has 1 aromatic heterocycles. The molecule has 6 heteroatoms. The molecule has 0 saturated carbocycles. The Bertz CT molecular complexity index is 346. The predicted molar refractivity (Wildman–Crippen MR) is 53.2 cm³/mol. The second-order valence-electron chi connectivity index (χ2n) is 3.25. The molecule has 1 fully saturated rings. The van der Waals surface area contributed by atoms with E-state index in [0.29, 0.717) is 37.8 Å². The number of hydrogen-bond acceptors (Lipinski definition) is 5. The van der Waals surface area contributed by atoms with Crippen molar-refractivity contribution in [2.24, 2.45) is 0 Å². The number of anilines is 1. The van der Waals surface area contributed by atoms with Gasteiger partial charge in [-0.25, -0.2) is 0 Å². The summed E-state index contributed by atoms with van der Waals surface area (Å²) in [6.07, 6.45) is 0. The number of amides is 1. The number of carbonyl (C=O) groups is 1. The Morgan fingerprint density at radius 3 is 2.67 bits per heavy atom. The number of morpholine rings is 1. The van der Waals surface area contributed by atoms with Gasteiger partial charge in [-0.1, -0.05) is 0 Å². The lowest BCUT2D eigenvalue weighted by molar-refractivity contribution is 0.0298. The second-order valence-corrected chi connectivity index (χ2v) is 3.25. The number of nitrogens with zero attached hydrogens (tertiary/aromatic N) is 3. The van der Waals surface area contributed by atoms with E-state index in [1.54, 1.807) is 17.0 Å². The van der Waals surface area contributed by atoms with Crippen molar-refractivity contribution in [3.63, 3.8) is 0 Å². The highest BCUT2D eigenvalue weighted by Gasteiger charge is 2.19. The van der Waals surface area contributed by atoms with E-state index in [4.69, 9.17) is 10.5 Å². The van der Waals surface area contributed by atoms with Gasteiger partial charge in [-0.15, -0.1) is 10.2 Å². The first-order valence-corrected chi connectivity index (χ1v) is 4.73. The molecule has 0 atom stereocenters. The van der Waals surface area contributed by atoms with Crippen molar-refractivity contribution in [3.05, 3.63) is 17.8 Å². The number of nitrogen functional groups attached to an aromatic ring is 1. The van der Waals surface area contributed by atoms with Crippen LogP contribution in [0.4, 0.5) is 5.82 Å². The summed E-state index contributed by atoms with van der Waals surface area (Å²) in [5, 5.41) is 7.39. The third-order valence-electron chi connectivity index (χ3n) is 2.20. The fraction of sp³-hybridized carbons (Fsp3) is 0.444. The first kappa shape index (κ1) is 9.85. The third-order valence-corrected chi connectivity index (χ3v) is 2.20. The molecule has 2 rings (SSSR count). The normalized spacial score (nSPS) is 16.4. The predicted octanol–water partition coefficient (Wildman–Crippen LogP) is -0.469. The van der Waals surface area contributed by atoms with Crippen LogP contribution in [0.15, 0.2) is 12.1 Å². The molecule has 0 unspecified atom stereocenters. The smallest absolute Gasteiger partial charge is 0.274 e. The topological polar surface area (TPSA) is 81.3 Å². The molecule has 0 radical (unpaired) electrons. The molecule has 1 aliphatic rings. The first-order chi connectivity index (χ1) is 7.27. The Morgan fingerprint density at radius 1 is 1.33 bits per heavy atom. The van der Waals surface area contributed by atoms with Gasteiger partial charge in [0.1, 0.15) is 5.82 Å². The Morgan fingerprint density at radius 2 is 2.07 bits per heavy atom. The van der Waals surface area contributed by atoms with Crippen molar-refractivity contribution in [3.8, 4) is 0 Å². The monoisotopic (exact) mass is 208 g/mol. The number of rotatable bonds is 1. The maximum Gasteiger partial charge on any atom is 0.274 e. The van der Waals surface area contributed by atoms with E-state index in [9.17, 15) is 4.79 Å². The van der Waals surface area contributed by atoms with Crippen LogP contribution in [0.5, 0.6) is 0 Å². The van der Waals surface area contributed by atoms with Crippen LogP contribution in [0.1, 0.15) is 10.5 Å². The van der Waals surface area contributed by atoms with E-state index in [1.807, 2.05) is 0 Å². The zero-order chi connectivity index (χ0) is 10.7. The van der Waals surface area contributed by atoms with E-state index in [1.165, 1.54) is 0 Å². The fourth-order valence-corrected chi connectivity index (χ4v) is 1.39. The van der Waals surface area contributed by atoms with Gasteiger partial charge >= 0.3 is 0 Å². The number of carbonyl (C=O) groups excluding carboxylic acids is 1. The van der Waals surface area contributed by atoms with Gasteiger partial charge in [-0.2, -0.15) is 0 Å². The van der Waals surface area contributed by atoms with Gasteiger partial charge in [0, 0.05) is 13.1 Å².